The molecule has 0 bridgehead atoms. The van der Waals surface area contributed by atoms with E-state index in [-0.39, 0.29) is 6.61 Å². The quantitative estimate of drug-likeness (QED) is 0.812. The minimum atomic E-state index is 0.271. The van der Waals surface area contributed by atoms with E-state index in [1.54, 1.807) is 7.11 Å². The minimum absolute atomic E-state index is 0.271. The van der Waals surface area contributed by atoms with Crippen LogP contribution < -0.4 is 4.74 Å². The Bertz CT molecular complexity index is 804. The van der Waals surface area contributed by atoms with E-state index >= 15 is 0 Å². The molecule has 0 saturated carbocycles. The van der Waals surface area contributed by atoms with Gasteiger partial charge in [0.15, 0.2) is 0 Å². The van der Waals surface area contributed by atoms with E-state index in [1.165, 1.54) is 42.3 Å². The number of methoxy groups -OCH3 is 1. The summed E-state index contributed by atoms with van der Waals surface area (Å²) in [6, 6.07) is 14.0. The zero-order valence-electron chi connectivity index (χ0n) is 17.9. The number of benzene rings is 2. The summed E-state index contributed by atoms with van der Waals surface area (Å²) in [7, 11) is 3.96. The maximum Gasteiger partial charge on any atom is 0.126 e. The van der Waals surface area contributed by atoms with E-state index in [1.807, 2.05) is 0 Å². The maximum absolute atomic E-state index is 9.68. The van der Waals surface area contributed by atoms with Crippen LogP contribution in [-0.4, -0.2) is 85.4 Å². The van der Waals surface area contributed by atoms with Gasteiger partial charge in [-0.25, -0.2) is 0 Å². The van der Waals surface area contributed by atoms with Crippen molar-refractivity contribution < 1.29 is 9.84 Å². The van der Waals surface area contributed by atoms with Gasteiger partial charge in [0.25, 0.3) is 0 Å². The molecule has 29 heavy (non-hydrogen) atoms. The van der Waals surface area contributed by atoms with Crippen molar-refractivity contribution in [2.24, 2.45) is 0 Å². The molecule has 2 fully saturated rings. The van der Waals surface area contributed by atoms with Crippen molar-refractivity contribution in [2.75, 3.05) is 53.5 Å². The Balaban J connectivity index is 1.48. The van der Waals surface area contributed by atoms with Crippen LogP contribution in [0.5, 0.6) is 5.75 Å². The molecule has 0 aliphatic carbocycles. The number of ether oxygens (including phenoxy) is 1. The molecule has 1 atom stereocenters. The van der Waals surface area contributed by atoms with Crippen LogP contribution in [0, 0.1) is 0 Å². The number of likely N-dealkylation sites (tertiary alicyclic amines) is 1. The Labute approximate surface area is 174 Å². The molecule has 2 aromatic rings. The topological polar surface area (TPSA) is 39.2 Å². The lowest BCUT2D eigenvalue weighted by atomic mass is 9.97. The van der Waals surface area contributed by atoms with Gasteiger partial charge in [-0.05, 0) is 56.4 Å². The molecule has 2 saturated heterocycles. The highest BCUT2D eigenvalue weighted by atomic mass is 16.5. The molecule has 1 N–H and O–H groups in total. The smallest absolute Gasteiger partial charge is 0.126 e. The summed E-state index contributed by atoms with van der Waals surface area (Å²) in [5, 5.41) is 12.1. The van der Waals surface area contributed by atoms with E-state index in [2.05, 4.69) is 58.1 Å². The summed E-state index contributed by atoms with van der Waals surface area (Å²) < 4.78 is 5.56. The van der Waals surface area contributed by atoms with E-state index < -0.39 is 0 Å². The third kappa shape index (κ3) is 4.58. The van der Waals surface area contributed by atoms with Crippen LogP contribution >= 0.6 is 0 Å². The van der Waals surface area contributed by atoms with Gasteiger partial charge in [0, 0.05) is 50.3 Å². The number of aliphatic hydroxyl groups excluding tert-OH is 1. The number of nitrogens with zero attached hydrogens (tertiary/aromatic N) is 3. The van der Waals surface area contributed by atoms with Crippen LogP contribution in [0.1, 0.15) is 24.8 Å². The number of hydrogen-bond donors (Lipinski definition) is 1. The lowest BCUT2D eigenvalue weighted by Crippen LogP contribution is -2.58. The molecule has 0 unspecified atom stereocenters. The van der Waals surface area contributed by atoms with E-state index in [4.69, 9.17) is 4.74 Å². The highest BCUT2D eigenvalue weighted by molar-refractivity contribution is 5.91. The van der Waals surface area contributed by atoms with E-state index in [0.717, 1.165) is 38.3 Å². The van der Waals surface area contributed by atoms with Gasteiger partial charge in [0.1, 0.15) is 5.75 Å². The van der Waals surface area contributed by atoms with Crippen LogP contribution in [-0.2, 0) is 6.54 Å². The van der Waals surface area contributed by atoms with Gasteiger partial charge in [-0.2, -0.15) is 0 Å². The van der Waals surface area contributed by atoms with Crippen molar-refractivity contribution in [1.82, 2.24) is 14.7 Å². The molecular formula is C24H35N3O2. The molecule has 0 radical (unpaired) electrons. The molecule has 5 nitrogen and oxygen atoms in total. The van der Waals surface area contributed by atoms with Gasteiger partial charge in [-0.3, -0.25) is 9.80 Å². The minimum Gasteiger partial charge on any atom is -0.496 e. The van der Waals surface area contributed by atoms with Gasteiger partial charge in [-0.1, -0.05) is 30.3 Å². The Hall–Kier alpha value is -1.66. The first kappa shape index (κ1) is 20.6. The molecule has 158 valence electrons. The van der Waals surface area contributed by atoms with Crippen LogP contribution in [0.2, 0.25) is 0 Å². The Kier molecular flexibility index (Phi) is 6.70. The van der Waals surface area contributed by atoms with E-state index in [0.29, 0.717) is 12.1 Å². The number of piperazine rings is 1. The molecule has 5 heteroatoms. The van der Waals surface area contributed by atoms with Crippen LogP contribution in [0.4, 0.5) is 0 Å². The largest absolute Gasteiger partial charge is 0.496 e. The maximum atomic E-state index is 9.68. The third-order valence-corrected chi connectivity index (χ3v) is 6.82. The highest BCUT2D eigenvalue weighted by Crippen LogP contribution is 2.30. The van der Waals surface area contributed by atoms with Crippen LogP contribution in [0.3, 0.4) is 0 Å². The fourth-order valence-corrected chi connectivity index (χ4v) is 5.18. The van der Waals surface area contributed by atoms with Gasteiger partial charge in [0.05, 0.1) is 7.11 Å². The summed E-state index contributed by atoms with van der Waals surface area (Å²) in [4.78, 5) is 7.70. The van der Waals surface area contributed by atoms with Gasteiger partial charge in [0.2, 0.25) is 0 Å². The van der Waals surface area contributed by atoms with Crippen molar-refractivity contribution in [3.63, 3.8) is 0 Å². The predicted octanol–water partition coefficient (Wildman–Crippen LogP) is 2.81. The fourth-order valence-electron chi connectivity index (χ4n) is 5.18. The van der Waals surface area contributed by atoms with Crippen molar-refractivity contribution in [2.45, 2.75) is 37.9 Å². The average Bonchev–Trinajstić information content (AvgIpc) is 2.75. The molecule has 4 rings (SSSR count). The zero-order valence-corrected chi connectivity index (χ0v) is 17.9. The number of aliphatic hydroxyl groups is 1. The normalized spacial score (nSPS) is 22.9. The Morgan fingerprint density at radius 1 is 1.00 bits per heavy atom. The van der Waals surface area contributed by atoms with Crippen LogP contribution in [0.25, 0.3) is 10.8 Å². The highest BCUT2D eigenvalue weighted by Gasteiger charge is 2.33. The lowest BCUT2D eigenvalue weighted by Gasteiger charge is -2.47. The molecule has 2 aliphatic rings. The zero-order chi connectivity index (χ0) is 20.2. The molecule has 0 aromatic heterocycles. The first-order valence-corrected chi connectivity index (χ1v) is 11.0. The first-order valence-electron chi connectivity index (χ1n) is 11.0. The number of piperidine rings is 1. The molecule has 2 aromatic carbocycles. The van der Waals surface area contributed by atoms with Gasteiger partial charge >= 0.3 is 0 Å². The average molecular weight is 398 g/mol. The van der Waals surface area contributed by atoms with Crippen molar-refractivity contribution in [1.29, 1.82) is 0 Å². The van der Waals surface area contributed by atoms with Crippen molar-refractivity contribution in [3.8, 4) is 5.75 Å². The molecule has 2 aliphatic heterocycles. The number of hydrogen-bond acceptors (Lipinski definition) is 5. The molecule has 2 heterocycles. The molecule has 0 spiro atoms. The summed E-state index contributed by atoms with van der Waals surface area (Å²) in [6.07, 6.45) is 3.37. The predicted molar refractivity (Wildman–Crippen MR) is 118 cm³/mol. The lowest BCUT2D eigenvalue weighted by molar-refractivity contribution is 0.00611. The van der Waals surface area contributed by atoms with Crippen LogP contribution in [0.15, 0.2) is 36.4 Å². The second-order valence-electron chi connectivity index (χ2n) is 8.65. The van der Waals surface area contributed by atoms with Gasteiger partial charge < -0.3 is 14.7 Å². The molecule has 0 amide bonds. The summed E-state index contributed by atoms with van der Waals surface area (Å²) in [6.45, 7) is 6.83. The monoisotopic (exact) mass is 397 g/mol. The van der Waals surface area contributed by atoms with E-state index in [9.17, 15) is 5.11 Å². The summed E-state index contributed by atoms with van der Waals surface area (Å²) in [5.41, 5.74) is 1.36. The second-order valence-corrected chi connectivity index (χ2v) is 8.65. The number of fused-ring (bicyclic) bond motifs is 1. The third-order valence-electron chi connectivity index (χ3n) is 6.82. The Morgan fingerprint density at radius 3 is 2.48 bits per heavy atom. The summed E-state index contributed by atoms with van der Waals surface area (Å²) in [5.74, 6) is 0.939. The second kappa shape index (κ2) is 9.43. The van der Waals surface area contributed by atoms with Gasteiger partial charge in [-0.15, -0.1) is 0 Å². The number of rotatable bonds is 6. The van der Waals surface area contributed by atoms with Crippen molar-refractivity contribution in [3.05, 3.63) is 42.0 Å². The first-order chi connectivity index (χ1) is 14.2. The standard InChI is InChI=1S/C24H35N3O2/c1-25-12-9-20(10-13-25)27-15-14-26(18-21(27)11-16-28)17-19-7-8-24(29-2)23-6-4-3-5-22(19)23/h3-8,20-21,28H,9-18H2,1-2H3/t21-/m0/s1. The fraction of sp³-hybridized carbons (Fsp3) is 0.583. The van der Waals surface area contributed by atoms with Crippen molar-refractivity contribution >= 4 is 10.8 Å². The molecular weight excluding hydrogens is 362 g/mol. The Morgan fingerprint density at radius 2 is 1.76 bits per heavy atom. The SMILES string of the molecule is COc1ccc(CN2CCN(C3CCN(C)CC3)[C@@H](CCO)C2)c2ccccc12. The summed E-state index contributed by atoms with van der Waals surface area (Å²) >= 11 is 0.